The Labute approximate surface area is 99.4 Å². The Balaban J connectivity index is 2.11. The second-order valence-corrected chi connectivity index (χ2v) is 3.45. The fourth-order valence-corrected chi connectivity index (χ4v) is 1.48. The third-order valence-corrected chi connectivity index (χ3v) is 2.36. The highest BCUT2D eigenvalue weighted by Gasteiger charge is 2.12. The van der Waals surface area contributed by atoms with E-state index in [0.717, 1.165) is 11.4 Å². The summed E-state index contributed by atoms with van der Waals surface area (Å²) in [4.78, 5) is 0. The molecule has 0 fully saturated rings. The lowest BCUT2D eigenvalue weighted by Gasteiger charge is -2.10. The predicted molar refractivity (Wildman–Crippen MR) is 63.7 cm³/mol. The highest BCUT2D eigenvalue weighted by atomic mass is 16.5. The smallest absolute Gasteiger partial charge is 0.173 e. The maximum absolute atomic E-state index is 9.06. The number of nitriles is 1. The molecule has 4 heteroatoms. The van der Waals surface area contributed by atoms with Gasteiger partial charge in [0, 0.05) is 5.69 Å². The fourth-order valence-electron chi connectivity index (χ4n) is 1.48. The van der Waals surface area contributed by atoms with Crippen molar-refractivity contribution in [2.75, 3.05) is 12.4 Å². The highest BCUT2D eigenvalue weighted by molar-refractivity contribution is 5.48. The van der Waals surface area contributed by atoms with E-state index in [1.807, 2.05) is 24.3 Å². The number of anilines is 1. The SMILES string of the molecule is COc1ccc(NC(C#N)c2ccco2)cc1. The first-order chi connectivity index (χ1) is 8.33. The van der Waals surface area contributed by atoms with Gasteiger partial charge in [0.05, 0.1) is 19.4 Å². The molecule has 0 aliphatic carbocycles. The molecular formula is C13H12N2O2. The van der Waals surface area contributed by atoms with Crippen LogP contribution in [0.3, 0.4) is 0 Å². The maximum Gasteiger partial charge on any atom is 0.173 e. The molecule has 1 aromatic heterocycles. The van der Waals surface area contributed by atoms with E-state index in [4.69, 9.17) is 14.4 Å². The van der Waals surface area contributed by atoms with Crippen molar-refractivity contribution in [3.05, 3.63) is 48.4 Å². The lowest BCUT2D eigenvalue weighted by Crippen LogP contribution is -2.07. The minimum absolute atomic E-state index is 0.488. The predicted octanol–water partition coefficient (Wildman–Crippen LogP) is 2.96. The van der Waals surface area contributed by atoms with Crippen molar-refractivity contribution in [2.45, 2.75) is 6.04 Å². The molecular weight excluding hydrogens is 216 g/mol. The largest absolute Gasteiger partial charge is 0.497 e. The van der Waals surface area contributed by atoms with Gasteiger partial charge in [-0.15, -0.1) is 0 Å². The van der Waals surface area contributed by atoms with E-state index in [0.29, 0.717) is 5.76 Å². The quantitative estimate of drug-likeness (QED) is 0.874. The molecule has 2 aromatic rings. The van der Waals surface area contributed by atoms with E-state index in [1.54, 1.807) is 25.5 Å². The van der Waals surface area contributed by atoms with Crippen molar-refractivity contribution in [1.29, 1.82) is 5.26 Å². The van der Waals surface area contributed by atoms with E-state index in [-0.39, 0.29) is 0 Å². The molecule has 1 atom stereocenters. The summed E-state index contributed by atoms with van der Waals surface area (Å²) >= 11 is 0. The summed E-state index contributed by atoms with van der Waals surface area (Å²) in [5, 5.41) is 12.1. The topological polar surface area (TPSA) is 58.2 Å². The zero-order valence-electron chi connectivity index (χ0n) is 9.38. The second kappa shape index (κ2) is 5.08. The summed E-state index contributed by atoms with van der Waals surface area (Å²) in [6.07, 6.45) is 1.55. The van der Waals surface area contributed by atoms with Gasteiger partial charge in [0.2, 0.25) is 0 Å². The molecule has 86 valence electrons. The molecule has 0 bridgehead atoms. The van der Waals surface area contributed by atoms with Gasteiger partial charge in [0.1, 0.15) is 11.5 Å². The Hall–Kier alpha value is -2.41. The van der Waals surface area contributed by atoms with Crippen LogP contribution in [0.5, 0.6) is 5.75 Å². The van der Waals surface area contributed by atoms with Crippen LogP contribution in [0.15, 0.2) is 47.1 Å². The van der Waals surface area contributed by atoms with Crippen molar-refractivity contribution in [3.63, 3.8) is 0 Å². The Morgan fingerprint density at radius 3 is 2.59 bits per heavy atom. The number of hydrogen-bond donors (Lipinski definition) is 1. The number of ether oxygens (including phenoxy) is 1. The minimum Gasteiger partial charge on any atom is -0.497 e. The van der Waals surface area contributed by atoms with Crippen molar-refractivity contribution >= 4 is 5.69 Å². The van der Waals surface area contributed by atoms with Crippen LogP contribution in [0.2, 0.25) is 0 Å². The molecule has 4 nitrogen and oxygen atoms in total. The van der Waals surface area contributed by atoms with E-state index >= 15 is 0 Å². The molecule has 2 rings (SSSR count). The first-order valence-electron chi connectivity index (χ1n) is 5.17. The number of methoxy groups -OCH3 is 1. The average molecular weight is 228 g/mol. The van der Waals surface area contributed by atoms with Crippen LogP contribution in [0.1, 0.15) is 11.8 Å². The molecule has 1 N–H and O–H groups in total. The zero-order valence-corrected chi connectivity index (χ0v) is 9.38. The summed E-state index contributed by atoms with van der Waals surface area (Å²) in [6.45, 7) is 0. The van der Waals surface area contributed by atoms with Gasteiger partial charge in [-0.1, -0.05) is 0 Å². The van der Waals surface area contributed by atoms with Crippen molar-refractivity contribution in [1.82, 2.24) is 0 Å². The van der Waals surface area contributed by atoms with Gasteiger partial charge in [-0.05, 0) is 36.4 Å². The average Bonchev–Trinajstić information content (AvgIpc) is 2.90. The van der Waals surface area contributed by atoms with Crippen molar-refractivity contribution in [3.8, 4) is 11.8 Å². The molecule has 0 spiro atoms. The molecule has 0 amide bonds. The maximum atomic E-state index is 9.06. The summed E-state index contributed by atoms with van der Waals surface area (Å²) in [6, 6.07) is 12.6. The number of nitrogens with one attached hydrogen (secondary N) is 1. The molecule has 0 saturated carbocycles. The summed E-state index contributed by atoms with van der Waals surface area (Å²) in [5.74, 6) is 1.38. The molecule has 1 unspecified atom stereocenters. The lowest BCUT2D eigenvalue weighted by atomic mass is 10.2. The zero-order chi connectivity index (χ0) is 12.1. The van der Waals surface area contributed by atoms with Crippen LogP contribution in [0, 0.1) is 11.3 Å². The van der Waals surface area contributed by atoms with Gasteiger partial charge in [0.15, 0.2) is 6.04 Å². The Kier molecular flexibility index (Phi) is 3.31. The van der Waals surface area contributed by atoms with E-state index in [2.05, 4.69) is 11.4 Å². The van der Waals surface area contributed by atoms with Crippen LogP contribution >= 0.6 is 0 Å². The Morgan fingerprint density at radius 1 is 1.29 bits per heavy atom. The second-order valence-electron chi connectivity index (χ2n) is 3.45. The van der Waals surface area contributed by atoms with Crippen LogP contribution in [0.25, 0.3) is 0 Å². The molecule has 0 radical (unpaired) electrons. The molecule has 0 saturated heterocycles. The van der Waals surface area contributed by atoms with E-state index in [1.165, 1.54) is 0 Å². The molecule has 0 aliphatic heterocycles. The summed E-state index contributed by atoms with van der Waals surface area (Å²) in [5.41, 5.74) is 0.841. The van der Waals surface area contributed by atoms with Crippen molar-refractivity contribution in [2.24, 2.45) is 0 Å². The van der Waals surface area contributed by atoms with Gasteiger partial charge in [-0.2, -0.15) is 5.26 Å². The Morgan fingerprint density at radius 2 is 2.06 bits per heavy atom. The fraction of sp³-hybridized carbons (Fsp3) is 0.154. The van der Waals surface area contributed by atoms with Crippen LogP contribution < -0.4 is 10.1 Å². The molecule has 17 heavy (non-hydrogen) atoms. The van der Waals surface area contributed by atoms with Crippen LogP contribution in [-0.4, -0.2) is 7.11 Å². The first kappa shape index (κ1) is 11.1. The van der Waals surface area contributed by atoms with E-state index < -0.39 is 6.04 Å². The first-order valence-corrected chi connectivity index (χ1v) is 5.17. The van der Waals surface area contributed by atoms with Crippen molar-refractivity contribution < 1.29 is 9.15 Å². The Bertz CT molecular complexity index is 497. The van der Waals surface area contributed by atoms with Gasteiger partial charge in [-0.25, -0.2) is 0 Å². The third-order valence-electron chi connectivity index (χ3n) is 2.36. The van der Waals surface area contributed by atoms with Gasteiger partial charge >= 0.3 is 0 Å². The number of benzene rings is 1. The number of furan rings is 1. The number of rotatable bonds is 4. The minimum atomic E-state index is -0.488. The lowest BCUT2D eigenvalue weighted by molar-refractivity contribution is 0.415. The van der Waals surface area contributed by atoms with Gasteiger partial charge < -0.3 is 14.5 Å². The van der Waals surface area contributed by atoms with E-state index in [9.17, 15) is 0 Å². The van der Waals surface area contributed by atoms with Crippen LogP contribution in [0.4, 0.5) is 5.69 Å². The standard InChI is InChI=1S/C13H12N2O2/c1-16-11-6-4-10(5-7-11)15-12(9-14)13-3-2-8-17-13/h2-8,12,15H,1H3. The highest BCUT2D eigenvalue weighted by Crippen LogP contribution is 2.21. The number of hydrogen-bond acceptors (Lipinski definition) is 4. The van der Waals surface area contributed by atoms with Crippen LogP contribution in [-0.2, 0) is 0 Å². The third kappa shape index (κ3) is 2.58. The molecule has 1 aromatic carbocycles. The van der Waals surface area contributed by atoms with Gasteiger partial charge in [-0.3, -0.25) is 0 Å². The summed E-state index contributed by atoms with van der Waals surface area (Å²) in [7, 11) is 1.61. The number of nitrogens with zero attached hydrogens (tertiary/aromatic N) is 1. The summed E-state index contributed by atoms with van der Waals surface area (Å²) < 4.78 is 10.3. The molecule has 1 heterocycles. The monoisotopic (exact) mass is 228 g/mol. The normalized spacial score (nSPS) is 11.5. The van der Waals surface area contributed by atoms with Gasteiger partial charge in [0.25, 0.3) is 0 Å². The molecule has 0 aliphatic rings.